The highest BCUT2D eigenvalue weighted by molar-refractivity contribution is 6.58. The van der Waals surface area contributed by atoms with Crippen molar-refractivity contribution in [2.45, 2.75) is 7.43 Å². The third-order valence-corrected chi connectivity index (χ3v) is 5.51. The number of nitrogen functional groups attached to an aromatic ring is 2. The molecule has 0 aliphatic rings. The molecule has 0 spiro atoms. The summed E-state index contributed by atoms with van der Waals surface area (Å²) >= 11 is 17.0. The Hall–Kier alpha value is -4.01. The van der Waals surface area contributed by atoms with Crippen LogP contribution in [0.5, 0.6) is 0 Å². The van der Waals surface area contributed by atoms with E-state index in [0.29, 0.717) is 11.2 Å². The number of nitrogens with two attached hydrogens (primary N) is 2. The molecular weight excluding hydrogens is 597 g/mol. The van der Waals surface area contributed by atoms with E-state index >= 15 is 0 Å². The Morgan fingerprint density at radius 2 is 1.12 bits per heavy atom. The van der Waals surface area contributed by atoms with Crippen LogP contribution in [0.25, 0.3) is 11.3 Å². The molecule has 0 radical (unpaired) electrons. The van der Waals surface area contributed by atoms with E-state index < -0.39 is 19.1 Å². The van der Waals surface area contributed by atoms with Crippen molar-refractivity contribution >= 4 is 71.0 Å². The first-order valence-corrected chi connectivity index (χ1v) is 12.1. The molecule has 12 nitrogen and oxygen atoms in total. The van der Waals surface area contributed by atoms with Crippen molar-refractivity contribution in [3.63, 3.8) is 0 Å². The molecule has 2 heterocycles. The van der Waals surface area contributed by atoms with Gasteiger partial charge in [-0.1, -0.05) is 103 Å². The minimum atomic E-state index is -1.34. The number of halogens is 3. The summed E-state index contributed by atoms with van der Waals surface area (Å²) in [7, 11) is 1.10. The summed E-state index contributed by atoms with van der Waals surface area (Å²) in [6, 6.07) is 17.9. The van der Waals surface area contributed by atoms with Gasteiger partial charge in [0.15, 0.2) is 38.5 Å². The highest BCUT2D eigenvalue weighted by atomic mass is 35.5. The van der Waals surface area contributed by atoms with Gasteiger partial charge < -0.3 is 31.0 Å². The highest BCUT2D eigenvalue weighted by Crippen LogP contribution is 2.26. The molecule has 2 aromatic carbocycles. The first-order valence-electron chi connectivity index (χ1n) is 10.9. The molecule has 2 aromatic heterocycles. The molecule has 0 atom stereocenters. The number of ether oxygens (including phenoxy) is 2. The van der Waals surface area contributed by atoms with Crippen LogP contribution < -0.4 is 16.9 Å². The summed E-state index contributed by atoms with van der Waals surface area (Å²) in [5, 5.41) is 17.1. The molecule has 216 valence electrons. The van der Waals surface area contributed by atoms with Crippen LogP contribution in [0.4, 0.5) is 11.6 Å². The summed E-state index contributed by atoms with van der Waals surface area (Å²) in [5.74, 6) is -1.49. The van der Waals surface area contributed by atoms with E-state index in [2.05, 4.69) is 29.4 Å². The second-order valence-corrected chi connectivity index (χ2v) is 8.34. The first-order chi connectivity index (χ1) is 19.0. The Bertz CT molecular complexity index is 1450. The number of esters is 2. The second kappa shape index (κ2) is 17.0. The molecule has 0 aliphatic heterocycles. The van der Waals surface area contributed by atoms with Crippen LogP contribution >= 0.6 is 34.8 Å². The topological polar surface area (TPSA) is 197 Å². The lowest BCUT2D eigenvalue weighted by molar-refractivity contribution is 0.0586. The van der Waals surface area contributed by atoms with Crippen molar-refractivity contribution in [2.75, 3.05) is 25.7 Å². The van der Waals surface area contributed by atoms with E-state index in [4.69, 9.17) is 56.3 Å². The highest BCUT2D eigenvalue weighted by Gasteiger charge is 2.18. The molecule has 0 aliphatic carbocycles. The molecule has 0 saturated carbocycles. The second-order valence-electron chi connectivity index (χ2n) is 7.27. The Kier molecular flexibility index (Phi) is 14.5. The van der Waals surface area contributed by atoms with E-state index in [1.165, 1.54) is 14.2 Å². The molecule has 6 N–H and O–H groups in total. The smallest absolute Gasteiger partial charge is 0.464 e. The third-order valence-electron chi connectivity index (χ3n) is 4.62. The number of rotatable bonds is 4. The standard InChI is InChI=1S/C12H10ClN3O2.C6H7BO2.C6H5Cl2N3O2.CH4/c1-18-12(17)9-11(14)16-8(10(13)15-9)7-5-3-2-4-6-7;8-7(9)6-4-2-1-3-5-6;1-13-6(12)2-5(9)11-4(8)3(7)10-2;/h2-6H,1H3,(H2,14,16);1-5,8-9H;1H3,(H2,9,11);1H4. The Balaban J connectivity index is 0.000000322. The number of hydrogen-bond acceptors (Lipinski definition) is 12. The lowest BCUT2D eigenvalue weighted by atomic mass is 9.81. The molecule has 4 rings (SSSR count). The van der Waals surface area contributed by atoms with Gasteiger partial charge in [-0.05, 0) is 5.46 Å². The Labute approximate surface area is 251 Å². The molecule has 0 saturated heterocycles. The summed E-state index contributed by atoms with van der Waals surface area (Å²) in [4.78, 5) is 37.6. The van der Waals surface area contributed by atoms with Gasteiger partial charge in [-0.25, -0.2) is 29.5 Å². The van der Waals surface area contributed by atoms with Gasteiger partial charge in [-0.15, -0.1) is 0 Å². The minimum absolute atomic E-state index is 0. The van der Waals surface area contributed by atoms with E-state index in [9.17, 15) is 9.59 Å². The molecule has 0 unspecified atom stereocenters. The number of methoxy groups -OCH3 is 2. The number of nitrogens with zero attached hydrogens (tertiary/aromatic N) is 4. The summed E-state index contributed by atoms with van der Waals surface area (Å²) in [6.07, 6.45) is 0. The molecule has 16 heteroatoms. The summed E-state index contributed by atoms with van der Waals surface area (Å²) < 4.78 is 8.93. The van der Waals surface area contributed by atoms with Gasteiger partial charge in [0.25, 0.3) is 0 Å². The van der Waals surface area contributed by atoms with E-state index in [1.54, 1.807) is 24.3 Å². The third kappa shape index (κ3) is 10.2. The van der Waals surface area contributed by atoms with Crippen LogP contribution in [0.1, 0.15) is 28.4 Å². The maximum atomic E-state index is 11.4. The summed E-state index contributed by atoms with van der Waals surface area (Å²) in [6.45, 7) is 0. The van der Waals surface area contributed by atoms with Gasteiger partial charge in [-0.2, -0.15) is 0 Å². The van der Waals surface area contributed by atoms with Gasteiger partial charge in [0.05, 0.1) is 14.2 Å². The average molecular weight is 624 g/mol. The quantitative estimate of drug-likeness (QED) is 0.191. The largest absolute Gasteiger partial charge is 0.488 e. The molecule has 0 amide bonds. The number of hydrogen-bond donors (Lipinski definition) is 4. The Morgan fingerprint density at radius 1 is 0.707 bits per heavy atom. The average Bonchev–Trinajstić information content (AvgIpc) is 2.96. The zero-order chi connectivity index (χ0) is 29.8. The number of benzene rings is 2. The summed E-state index contributed by atoms with van der Waals surface area (Å²) in [5.41, 5.74) is 12.5. The number of carbonyl (C=O) groups is 2. The fraction of sp³-hybridized carbons (Fsp3) is 0.120. The molecule has 0 bridgehead atoms. The van der Waals surface area contributed by atoms with Crippen molar-refractivity contribution in [2.24, 2.45) is 0 Å². The zero-order valence-corrected chi connectivity index (χ0v) is 23.2. The van der Waals surface area contributed by atoms with Crippen molar-refractivity contribution in [1.29, 1.82) is 0 Å². The monoisotopic (exact) mass is 622 g/mol. The maximum Gasteiger partial charge on any atom is 0.488 e. The lowest BCUT2D eigenvalue weighted by Crippen LogP contribution is -2.29. The minimum Gasteiger partial charge on any atom is -0.464 e. The normalized spacial score (nSPS) is 9.54. The number of anilines is 2. The zero-order valence-electron chi connectivity index (χ0n) is 21.0. The van der Waals surface area contributed by atoms with E-state index in [-0.39, 0.29) is 45.9 Å². The first kappa shape index (κ1) is 35.0. The Morgan fingerprint density at radius 3 is 1.56 bits per heavy atom. The van der Waals surface area contributed by atoms with Crippen LogP contribution in [0, 0.1) is 0 Å². The van der Waals surface area contributed by atoms with Crippen LogP contribution in [-0.2, 0) is 9.47 Å². The SMILES string of the molecule is C.COC(=O)c1nc(Cl)c(-c2ccccc2)nc1N.COC(=O)c1nc(Cl)c(Cl)nc1N.OB(O)c1ccccc1. The maximum absolute atomic E-state index is 11.4. The predicted molar refractivity (Wildman–Crippen MR) is 159 cm³/mol. The van der Waals surface area contributed by atoms with Gasteiger partial charge >= 0.3 is 19.1 Å². The van der Waals surface area contributed by atoms with Gasteiger partial charge in [0, 0.05) is 5.56 Å². The lowest BCUT2D eigenvalue weighted by Gasteiger charge is -2.07. The van der Waals surface area contributed by atoms with Crippen molar-refractivity contribution in [3.8, 4) is 11.3 Å². The van der Waals surface area contributed by atoms with Gasteiger partial charge in [0.2, 0.25) is 0 Å². The van der Waals surface area contributed by atoms with E-state index in [1.807, 2.05) is 36.4 Å². The molecular formula is C25H26BCl3N6O6. The molecule has 4 aromatic rings. The van der Waals surface area contributed by atoms with Crippen LogP contribution in [-0.4, -0.2) is 63.3 Å². The van der Waals surface area contributed by atoms with Crippen LogP contribution in [0.3, 0.4) is 0 Å². The van der Waals surface area contributed by atoms with Crippen molar-refractivity contribution in [3.05, 3.63) is 87.5 Å². The molecule has 0 fully saturated rings. The number of carbonyl (C=O) groups excluding carboxylic acids is 2. The van der Waals surface area contributed by atoms with E-state index in [0.717, 1.165) is 5.56 Å². The number of aromatic nitrogens is 4. The predicted octanol–water partition coefficient (Wildman–Crippen LogP) is 3.32. The van der Waals surface area contributed by atoms with Crippen LogP contribution in [0.15, 0.2) is 60.7 Å². The van der Waals surface area contributed by atoms with Gasteiger partial charge in [0.1, 0.15) is 5.69 Å². The van der Waals surface area contributed by atoms with Crippen molar-refractivity contribution < 1.29 is 29.1 Å². The molecule has 41 heavy (non-hydrogen) atoms. The fourth-order valence-electron chi connectivity index (χ4n) is 2.73. The van der Waals surface area contributed by atoms with Gasteiger partial charge in [-0.3, -0.25) is 0 Å². The van der Waals surface area contributed by atoms with Crippen molar-refractivity contribution in [1.82, 2.24) is 19.9 Å². The fourth-order valence-corrected chi connectivity index (χ4v) is 3.23. The van der Waals surface area contributed by atoms with Crippen LogP contribution in [0.2, 0.25) is 15.5 Å².